The third kappa shape index (κ3) is 5.28. The molecule has 8 nitrogen and oxygen atoms in total. The summed E-state index contributed by atoms with van der Waals surface area (Å²) in [6.07, 6.45) is 0.573. The predicted octanol–water partition coefficient (Wildman–Crippen LogP) is 0.910. The van der Waals surface area contributed by atoms with Gasteiger partial charge in [0.2, 0.25) is 17.7 Å². The van der Waals surface area contributed by atoms with Crippen LogP contribution in [0.3, 0.4) is 0 Å². The van der Waals surface area contributed by atoms with Gasteiger partial charge in [-0.25, -0.2) is 4.39 Å². The molecule has 0 spiro atoms. The van der Waals surface area contributed by atoms with Gasteiger partial charge in [-0.05, 0) is 30.2 Å². The van der Waals surface area contributed by atoms with Gasteiger partial charge in [0.1, 0.15) is 18.4 Å². The molecule has 1 aromatic carbocycles. The van der Waals surface area contributed by atoms with Crippen LogP contribution in [-0.4, -0.2) is 47.9 Å². The number of nitrogens with zero attached hydrogens (tertiary/aromatic N) is 1. The Balaban J connectivity index is 2.04. The van der Waals surface area contributed by atoms with Crippen LogP contribution in [0.5, 0.6) is 0 Å². The van der Waals surface area contributed by atoms with E-state index in [1.807, 2.05) is 6.92 Å². The lowest BCUT2D eigenvalue weighted by Gasteiger charge is -2.24. The molecule has 3 N–H and O–H groups in total. The molecule has 1 aliphatic heterocycles. The average Bonchev–Trinajstić information content (AvgIpc) is 3.05. The zero-order chi connectivity index (χ0) is 20.8. The second kappa shape index (κ2) is 9.29. The van der Waals surface area contributed by atoms with Crippen LogP contribution in [0.15, 0.2) is 24.3 Å². The number of carbonyl (C=O) groups is 4. The van der Waals surface area contributed by atoms with Crippen molar-refractivity contribution in [1.82, 2.24) is 10.6 Å². The summed E-state index contributed by atoms with van der Waals surface area (Å²) < 4.78 is 13.1. The van der Waals surface area contributed by atoms with Crippen molar-refractivity contribution in [2.45, 2.75) is 32.7 Å². The number of amides is 3. The quantitative estimate of drug-likeness (QED) is 0.607. The van der Waals surface area contributed by atoms with Crippen LogP contribution in [0, 0.1) is 17.7 Å². The van der Waals surface area contributed by atoms with Crippen LogP contribution in [0.4, 0.5) is 10.1 Å². The first-order valence-electron chi connectivity index (χ1n) is 9.08. The number of carboxylic acids is 1. The Morgan fingerprint density at radius 2 is 1.93 bits per heavy atom. The minimum atomic E-state index is -1.18. The lowest BCUT2D eigenvalue weighted by atomic mass is 9.97. The summed E-state index contributed by atoms with van der Waals surface area (Å²) in [5.74, 6) is -3.77. The van der Waals surface area contributed by atoms with Gasteiger partial charge in [0.05, 0.1) is 5.92 Å². The van der Waals surface area contributed by atoms with Crippen molar-refractivity contribution in [3.8, 4) is 0 Å². The molecule has 152 valence electrons. The summed E-state index contributed by atoms with van der Waals surface area (Å²) >= 11 is 0. The predicted molar refractivity (Wildman–Crippen MR) is 98.9 cm³/mol. The van der Waals surface area contributed by atoms with Gasteiger partial charge in [-0.1, -0.05) is 20.3 Å². The molecule has 0 aromatic heterocycles. The lowest BCUT2D eigenvalue weighted by Crippen LogP contribution is -2.52. The number of aliphatic carboxylic acids is 1. The highest BCUT2D eigenvalue weighted by Crippen LogP contribution is 2.25. The maximum Gasteiger partial charge on any atom is 0.322 e. The minimum absolute atomic E-state index is 0.0207. The molecule has 0 bridgehead atoms. The first kappa shape index (κ1) is 21.3. The SMILES string of the molecule is CC[C@H](C)[C@H](NC(=O)[C@@H]1CC(=O)N(c2ccc(F)cc2)C1)C(=O)NCC(=O)O. The number of halogens is 1. The Hall–Kier alpha value is -2.97. The van der Waals surface area contributed by atoms with E-state index in [9.17, 15) is 23.6 Å². The van der Waals surface area contributed by atoms with Gasteiger partial charge in [0.15, 0.2) is 0 Å². The molecule has 9 heteroatoms. The van der Waals surface area contributed by atoms with E-state index in [-0.39, 0.29) is 24.8 Å². The van der Waals surface area contributed by atoms with Gasteiger partial charge >= 0.3 is 5.97 Å². The van der Waals surface area contributed by atoms with Gasteiger partial charge in [-0.15, -0.1) is 0 Å². The molecular weight excluding hydrogens is 369 g/mol. The fourth-order valence-corrected chi connectivity index (χ4v) is 3.00. The highest BCUT2D eigenvalue weighted by atomic mass is 19.1. The molecule has 3 amide bonds. The van der Waals surface area contributed by atoms with E-state index in [1.54, 1.807) is 6.92 Å². The molecule has 1 aliphatic rings. The third-order valence-electron chi connectivity index (χ3n) is 4.84. The number of carbonyl (C=O) groups excluding carboxylic acids is 3. The molecule has 0 radical (unpaired) electrons. The van der Waals surface area contributed by atoms with E-state index in [2.05, 4.69) is 10.6 Å². The van der Waals surface area contributed by atoms with Crippen molar-refractivity contribution < 1.29 is 28.7 Å². The molecule has 28 heavy (non-hydrogen) atoms. The second-order valence-corrected chi connectivity index (χ2v) is 6.87. The van der Waals surface area contributed by atoms with Crippen molar-refractivity contribution in [3.63, 3.8) is 0 Å². The van der Waals surface area contributed by atoms with Crippen molar-refractivity contribution in [2.24, 2.45) is 11.8 Å². The molecule has 1 fully saturated rings. The fraction of sp³-hybridized carbons (Fsp3) is 0.474. The highest BCUT2D eigenvalue weighted by Gasteiger charge is 2.37. The van der Waals surface area contributed by atoms with Gasteiger partial charge in [-0.2, -0.15) is 0 Å². The normalized spacial score (nSPS) is 18.5. The third-order valence-corrected chi connectivity index (χ3v) is 4.84. The van der Waals surface area contributed by atoms with Crippen molar-refractivity contribution in [3.05, 3.63) is 30.1 Å². The van der Waals surface area contributed by atoms with E-state index < -0.39 is 42.1 Å². The maximum atomic E-state index is 13.1. The molecule has 0 saturated carbocycles. The van der Waals surface area contributed by atoms with E-state index in [1.165, 1.54) is 29.2 Å². The standard InChI is InChI=1S/C19H24FN3O5/c1-3-11(2)17(19(28)21-9-16(25)26)22-18(27)12-8-15(24)23(10-12)14-6-4-13(20)5-7-14/h4-7,11-12,17H,3,8-10H2,1-2H3,(H,21,28)(H,22,27)(H,25,26)/t11-,12+,17-/m0/s1. The molecule has 0 aliphatic carbocycles. The Kier molecular flexibility index (Phi) is 7.08. The Morgan fingerprint density at radius 1 is 1.29 bits per heavy atom. The lowest BCUT2D eigenvalue weighted by molar-refractivity contribution is -0.138. The number of benzene rings is 1. The Morgan fingerprint density at radius 3 is 2.50 bits per heavy atom. The van der Waals surface area contributed by atoms with Crippen LogP contribution in [0.25, 0.3) is 0 Å². The first-order valence-corrected chi connectivity index (χ1v) is 9.08. The summed E-state index contributed by atoms with van der Waals surface area (Å²) in [6.45, 7) is 3.21. The number of carboxylic acid groups (broad SMARTS) is 1. The molecular formula is C19H24FN3O5. The molecule has 1 aromatic rings. The Bertz CT molecular complexity index is 752. The smallest absolute Gasteiger partial charge is 0.322 e. The van der Waals surface area contributed by atoms with Crippen LogP contribution in [-0.2, 0) is 19.2 Å². The van der Waals surface area contributed by atoms with Crippen molar-refractivity contribution in [2.75, 3.05) is 18.0 Å². The molecule has 1 heterocycles. The fourth-order valence-electron chi connectivity index (χ4n) is 3.00. The summed E-state index contributed by atoms with van der Waals surface area (Å²) in [7, 11) is 0. The van der Waals surface area contributed by atoms with Crippen LogP contribution >= 0.6 is 0 Å². The monoisotopic (exact) mass is 393 g/mol. The van der Waals surface area contributed by atoms with Crippen LogP contribution in [0.2, 0.25) is 0 Å². The number of hydrogen-bond donors (Lipinski definition) is 3. The summed E-state index contributed by atoms with van der Waals surface area (Å²) in [5, 5.41) is 13.6. The average molecular weight is 393 g/mol. The largest absolute Gasteiger partial charge is 0.480 e. The van der Waals surface area contributed by atoms with Gasteiger partial charge < -0.3 is 20.6 Å². The van der Waals surface area contributed by atoms with Gasteiger partial charge in [-0.3, -0.25) is 19.2 Å². The van der Waals surface area contributed by atoms with Crippen LogP contribution in [0.1, 0.15) is 26.7 Å². The number of hydrogen-bond acceptors (Lipinski definition) is 4. The summed E-state index contributed by atoms with van der Waals surface area (Å²) in [4.78, 5) is 49.3. The Labute approximate surface area is 162 Å². The van der Waals surface area contributed by atoms with Gasteiger partial charge in [0.25, 0.3) is 0 Å². The molecule has 2 rings (SSSR count). The molecule has 0 unspecified atom stereocenters. The van der Waals surface area contributed by atoms with Crippen LogP contribution < -0.4 is 15.5 Å². The minimum Gasteiger partial charge on any atom is -0.480 e. The molecule has 3 atom stereocenters. The second-order valence-electron chi connectivity index (χ2n) is 6.87. The van der Waals surface area contributed by atoms with E-state index >= 15 is 0 Å². The maximum absolute atomic E-state index is 13.1. The zero-order valence-corrected chi connectivity index (χ0v) is 15.8. The molecule has 1 saturated heterocycles. The number of nitrogens with one attached hydrogen (secondary N) is 2. The van der Waals surface area contributed by atoms with Gasteiger partial charge in [0, 0.05) is 18.7 Å². The van der Waals surface area contributed by atoms with Crippen molar-refractivity contribution in [1.29, 1.82) is 0 Å². The number of anilines is 1. The summed E-state index contributed by atoms with van der Waals surface area (Å²) in [6, 6.07) is 4.51. The topological polar surface area (TPSA) is 116 Å². The highest BCUT2D eigenvalue weighted by molar-refractivity contribution is 6.01. The van der Waals surface area contributed by atoms with E-state index in [0.29, 0.717) is 12.1 Å². The van der Waals surface area contributed by atoms with E-state index in [4.69, 9.17) is 5.11 Å². The number of rotatable bonds is 8. The van der Waals surface area contributed by atoms with Crippen molar-refractivity contribution >= 4 is 29.4 Å². The zero-order valence-electron chi connectivity index (χ0n) is 15.8. The first-order chi connectivity index (χ1) is 13.2. The van der Waals surface area contributed by atoms with E-state index in [0.717, 1.165) is 0 Å². The summed E-state index contributed by atoms with van der Waals surface area (Å²) in [5.41, 5.74) is 0.499.